The second-order valence-electron chi connectivity index (χ2n) is 6.94. The summed E-state index contributed by atoms with van der Waals surface area (Å²) in [5.41, 5.74) is 4.56. The topological polar surface area (TPSA) is 69.6 Å². The molecule has 0 atom stereocenters. The first-order valence-corrected chi connectivity index (χ1v) is 10.1. The highest BCUT2D eigenvalue weighted by atomic mass is 35.5. The van der Waals surface area contributed by atoms with Gasteiger partial charge in [-0.2, -0.15) is 13.2 Å². The lowest BCUT2D eigenvalue weighted by atomic mass is 9.99. The average molecular weight is 477 g/mol. The van der Waals surface area contributed by atoms with Crippen LogP contribution in [0.3, 0.4) is 0 Å². The number of carboxylic acid groups (broad SMARTS) is 1. The van der Waals surface area contributed by atoms with Gasteiger partial charge in [-0.1, -0.05) is 47.0 Å². The van der Waals surface area contributed by atoms with Crippen LogP contribution in [0.15, 0.2) is 36.4 Å². The maximum absolute atomic E-state index is 12.6. The van der Waals surface area contributed by atoms with Gasteiger partial charge in [0.1, 0.15) is 0 Å². The zero-order chi connectivity index (χ0) is 23.2. The monoisotopic (exact) mass is 476 g/mol. The molecule has 2 aromatic rings. The summed E-state index contributed by atoms with van der Waals surface area (Å²) in [7, 11) is 0. The minimum absolute atomic E-state index is 0.0971. The molecule has 3 rings (SSSR count). The summed E-state index contributed by atoms with van der Waals surface area (Å²) in [6, 6.07) is 11.8. The van der Waals surface area contributed by atoms with E-state index in [1.807, 2.05) is 17.0 Å². The van der Waals surface area contributed by atoms with Crippen LogP contribution in [0.5, 0.6) is 0 Å². The van der Waals surface area contributed by atoms with Crippen LogP contribution in [-0.4, -0.2) is 36.2 Å². The molecule has 0 spiro atoms. The number of fused-ring (bicyclic) bond motifs is 1. The predicted octanol–water partition coefficient (Wildman–Crippen LogP) is 5.00. The molecule has 0 unspecified atom stereocenters. The lowest BCUT2D eigenvalue weighted by Gasteiger charge is -2.30. The Morgan fingerprint density at radius 2 is 1.81 bits per heavy atom. The number of rotatable bonds is 4. The van der Waals surface area contributed by atoms with Crippen LogP contribution < -0.4 is 10.2 Å². The molecule has 5 nitrogen and oxygen atoms in total. The Morgan fingerprint density at radius 3 is 2.42 bits per heavy atom. The molecule has 10 heteroatoms. The summed E-state index contributed by atoms with van der Waals surface area (Å²) in [6.07, 6.45) is -3.04. The van der Waals surface area contributed by atoms with Gasteiger partial charge in [-0.25, -0.2) is 4.79 Å². The lowest BCUT2D eigenvalue weighted by Crippen LogP contribution is -2.41. The molecule has 31 heavy (non-hydrogen) atoms. The first kappa shape index (κ1) is 25.0. The van der Waals surface area contributed by atoms with Crippen molar-refractivity contribution in [2.24, 2.45) is 0 Å². The summed E-state index contributed by atoms with van der Waals surface area (Å²) in [6.45, 7) is 3.74. The van der Waals surface area contributed by atoms with Gasteiger partial charge in [0.05, 0.1) is 16.6 Å². The first-order valence-electron chi connectivity index (χ1n) is 9.33. The molecule has 0 aromatic heterocycles. The molecular weight excluding hydrogens is 456 g/mol. The number of hydrogen-bond donors (Lipinski definition) is 2. The number of alkyl halides is 3. The number of aliphatic carboxylic acids is 1. The lowest BCUT2D eigenvalue weighted by molar-refractivity contribution is -0.192. The van der Waals surface area contributed by atoms with Crippen molar-refractivity contribution in [1.29, 1.82) is 0 Å². The van der Waals surface area contributed by atoms with Crippen LogP contribution in [0.2, 0.25) is 10.0 Å². The molecule has 1 amide bonds. The number of amides is 1. The van der Waals surface area contributed by atoms with Crippen molar-refractivity contribution in [2.45, 2.75) is 32.5 Å². The number of benzene rings is 2. The fourth-order valence-corrected chi connectivity index (χ4v) is 3.36. The molecule has 2 N–H and O–H groups in total. The Hall–Kier alpha value is -2.29. The van der Waals surface area contributed by atoms with Gasteiger partial charge in [-0.05, 0) is 49.1 Å². The number of carboxylic acids is 1. The molecule has 0 saturated carbocycles. The highest BCUT2D eigenvalue weighted by Gasteiger charge is 2.38. The van der Waals surface area contributed by atoms with E-state index < -0.39 is 12.1 Å². The summed E-state index contributed by atoms with van der Waals surface area (Å²) in [5.74, 6) is -2.66. The normalized spacial score (nSPS) is 13.2. The van der Waals surface area contributed by atoms with Gasteiger partial charge >= 0.3 is 12.1 Å². The summed E-state index contributed by atoms with van der Waals surface area (Å²) >= 11 is 11.9. The molecular formula is C21H21Cl2F3N2O3. The van der Waals surface area contributed by atoms with Crippen LogP contribution in [0.25, 0.3) is 0 Å². The smallest absolute Gasteiger partial charge is 0.475 e. The summed E-state index contributed by atoms with van der Waals surface area (Å²) in [4.78, 5) is 23.4. The summed E-state index contributed by atoms with van der Waals surface area (Å²) in [5, 5.41) is 11.4. The molecule has 2 aromatic carbocycles. The van der Waals surface area contributed by atoms with Gasteiger partial charge in [0.25, 0.3) is 0 Å². The summed E-state index contributed by atoms with van der Waals surface area (Å²) < 4.78 is 31.7. The zero-order valence-corrected chi connectivity index (χ0v) is 18.1. The van der Waals surface area contributed by atoms with Crippen molar-refractivity contribution in [1.82, 2.24) is 5.32 Å². The fraction of sp³-hybridized carbons (Fsp3) is 0.333. The number of aryl methyl sites for hydroxylation is 2. The van der Waals surface area contributed by atoms with Crippen molar-refractivity contribution in [3.8, 4) is 0 Å². The van der Waals surface area contributed by atoms with Gasteiger partial charge in [0.2, 0.25) is 5.91 Å². The third-order valence-electron chi connectivity index (χ3n) is 4.49. The average Bonchev–Trinajstić information content (AvgIpc) is 2.69. The maximum Gasteiger partial charge on any atom is 0.490 e. The highest BCUT2D eigenvalue weighted by Crippen LogP contribution is 2.28. The second-order valence-corrected chi connectivity index (χ2v) is 7.75. The standard InChI is InChI=1S/C19H20Cl2N2O.C2HF3O2/c1-13-4-7-18-15(9-13)3-2-8-23(18)19(24)12-22-11-14-5-6-16(20)17(21)10-14;3-2(4,5)1(6)7/h4-7,9-10,22H,2-3,8,11-12H2,1H3;(H,6,7). The van der Waals surface area contributed by atoms with E-state index in [0.717, 1.165) is 30.6 Å². The third-order valence-corrected chi connectivity index (χ3v) is 5.23. The third kappa shape index (κ3) is 7.41. The van der Waals surface area contributed by atoms with Crippen LogP contribution in [-0.2, 0) is 22.6 Å². The van der Waals surface area contributed by atoms with Gasteiger partial charge in [0.15, 0.2) is 0 Å². The quantitative estimate of drug-likeness (QED) is 0.650. The van der Waals surface area contributed by atoms with Crippen molar-refractivity contribution in [2.75, 3.05) is 18.0 Å². The van der Waals surface area contributed by atoms with Gasteiger partial charge in [-0.15, -0.1) is 0 Å². The number of nitrogens with zero attached hydrogens (tertiary/aromatic N) is 1. The number of halogens is 5. The van der Waals surface area contributed by atoms with E-state index in [4.69, 9.17) is 33.1 Å². The Kier molecular flexibility index (Phi) is 8.73. The van der Waals surface area contributed by atoms with E-state index in [-0.39, 0.29) is 5.91 Å². The molecule has 0 saturated heterocycles. The van der Waals surface area contributed by atoms with Gasteiger partial charge < -0.3 is 15.3 Å². The molecule has 1 aliphatic heterocycles. The van der Waals surface area contributed by atoms with Gasteiger partial charge in [0, 0.05) is 18.8 Å². The van der Waals surface area contributed by atoms with E-state index in [2.05, 4.69) is 30.4 Å². The second kappa shape index (κ2) is 10.8. The highest BCUT2D eigenvalue weighted by molar-refractivity contribution is 6.42. The van der Waals surface area contributed by atoms with Crippen LogP contribution in [0.4, 0.5) is 18.9 Å². The van der Waals surface area contributed by atoms with Crippen molar-refractivity contribution < 1.29 is 27.9 Å². The Bertz CT molecular complexity index is 952. The van der Waals surface area contributed by atoms with E-state index in [9.17, 15) is 18.0 Å². The van der Waals surface area contributed by atoms with Crippen molar-refractivity contribution in [3.05, 3.63) is 63.1 Å². The Balaban J connectivity index is 0.000000423. The van der Waals surface area contributed by atoms with Gasteiger partial charge in [-0.3, -0.25) is 4.79 Å². The molecule has 1 aliphatic rings. The molecule has 0 aliphatic carbocycles. The van der Waals surface area contributed by atoms with E-state index in [1.54, 1.807) is 6.07 Å². The molecule has 0 bridgehead atoms. The molecule has 0 radical (unpaired) electrons. The minimum Gasteiger partial charge on any atom is -0.475 e. The SMILES string of the molecule is Cc1ccc2c(c1)CCCN2C(=O)CNCc1ccc(Cl)c(Cl)c1.O=C(O)C(F)(F)F. The fourth-order valence-electron chi connectivity index (χ4n) is 3.04. The Labute approximate surface area is 187 Å². The molecule has 168 valence electrons. The molecule has 1 heterocycles. The van der Waals surface area contributed by atoms with E-state index in [1.165, 1.54) is 11.1 Å². The number of hydrogen-bond acceptors (Lipinski definition) is 3. The van der Waals surface area contributed by atoms with Crippen molar-refractivity contribution in [3.63, 3.8) is 0 Å². The maximum atomic E-state index is 12.6. The zero-order valence-electron chi connectivity index (χ0n) is 16.6. The number of carbonyl (C=O) groups excluding carboxylic acids is 1. The first-order chi connectivity index (χ1) is 14.5. The van der Waals surface area contributed by atoms with Crippen LogP contribution >= 0.6 is 23.2 Å². The van der Waals surface area contributed by atoms with E-state index >= 15 is 0 Å². The number of nitrogens with one attached hydrogen (secondary N) is 1. The number of anilines is 1. The van der Waals surface area contributed by atoms with Crippen LogP contribution in [0, 0.1) is 6.92 Å². The predicted molar refractivity (Wildman–Crippen MR) is 114 cm³/mol. The Morgan fingerprint density at radius 1 is 1.13 bits per heavy atom. The van der Waals surface area contributed by atoms with Crippen molar-refractivity contribution >= 4 is 40.8 Å². The van der Waals surface area contributed by atoms with Crippen LogP contribution in [0.1, 0.15) is 23.1 Å². The largest absolute Gasteiger partial charge is 0.490 e. The number of carbonyl (C=O) groups is 2. The van der Waals surface area contributed by atoms with E-state index in [0.29, 0.717) is 23.1 Å². The molecule has 0 fully saturated rings. The minimum atomic E-state index is -5.08.